The minimum atomic E-state index is -0.964. The maximum atomic E-state index is 14.8. The summed E-state index contributed by atoms with van der Waals surface area (Å²) in [5.41, 5.74) is 2.41. The molecular formula is C18H23BFNO2. The third-order valence-electron chi connectivity index (χ3n) is 4.95. The molecule has 2 aromatic rings. The van der Waals surface area contributed by atoms with E-state index in [0.717, 1.165) is 27.7 Å². The largest absolute Gasteiger partial charge is 0.525 e. The van der Waals surface area contributed by atoms with Crippen LogP contribution in [0.1, 0.15) is 44.5 Å². The van der Waals surface area contributed by atoms with Gasteiger partial charge in [-0.05, 0) is 59.8 Å². The van der Waals surface area contributed by atoms with Crippen LogP contribution in [0.25, 0.3) is 17.0 Å². The van der Waals surface area contributed by atoms with E-state index < -0.39 is 24.0 Å². The van der Waals surface area contributed by atoms with Gasteiger partial charge in [0.2, 0.25) is 0 Å². The number of hydrogen-bond donors (Lipinski definition) is 1. The van der Waals surface area contributed by atoms with Gasteiger partial charge >= 0.3 is 7.12 Å². The molecule has 5 heteroatoms. The molecule has 0 saturated carbocycles. The molecule has 0 amide bonds. The van der Waals surface area contributed by atoms with Crippen LogP contribution in [0.5, 0.6) is 0 Å². The molecule has 1 fully saturated rings. The fourth-order valence-electron chi connectivity index (χ4n) is 2.81. The molecule has 1 aromatic heterocycles. The third kappa shape index (κ3) is 2.72. The molecule has 23 heavy (non-hydrogen) atoms. The number of hydrogen-bond acceptors (Lipinski definition) is 2. The molecule has 1 aromatic carbocycles. The summed E-state index contributed by atoms with van der Waals surface area (Å²) in [4.78, 5) is 3.29. The van der Waals surface area contributed by atoms with E-state index >= 15 is 0 Å². The van der Waals surface area contributed by atoms with Crippen molar-refractivity contribution in [1.29, 1.82) is 0 Å². The van der Waals surface area contributed by atoms with E-state index in [2.05, 4.69) is 11.1 Å². The van der Waals surface area contributed by atoms with Gasteiger partial charge < -0.3 is 14.3 Å². The molecule has 0 unspecified atom stereocenters. The summed E-state index contributed by atoms with van der Waals surface area (Å²) in [7, 11) is -0.964. The zero-order chi connectivity index (χ0) is 17.0. The van der Waals surface area contributed by atoms with Crippen LogP contribution in [-0.2, 0) is 9.31 Å². The monoisotopic (exact) mass is 315 g/mol. The van der Waals surface area contributed by atoms with Crippen LogP contribution < -0.4 is 0 Å². The highest BCUT2D eigenvalue weighted by molar-refractivity contribution is 6.54. The number of H-pyrrole nitrogens is 1. The fraction of sp³-hybridized carbons (Fsp3) is 0.444. The maximum absolute atomic E-state index is 14.8. The summed E-state index contributed by atoms with van der Waals surface area (Å²) in [5, 5.41) is 1.01. The molecule has 0 spiro atoms. The molecule has 2 heterocycles. The average molecular weight is 315 g/mol. The number of nitrogens with one attached hydrogen (secondary N) is 1. The van der Waals surface area contributed by atoms with E-state index in [0.29, 0.717) is 0 Å². The standard InChI is InChI=1S/C18H23BFNO2/c1-11-7-8-15-14(9-11)13(12(2)21-15)10-16(20)19-22-17(3,4)18(5,6)23-19/h7-10,21H,1-6H3. The van der Waals surface area contributed by atoms with E-state index in [9.17, 15) is 4.39 Å². The first-order valence-electron chi connectivity index (χ1n) is 7.92. The van der Waals surface area contributed by atoms with E-state index in [-0.39, 0.29) is 0 Å². The fourth-order valence-corrected chi connectivity index (χ4v) is 2.81. The Kier molecular flexibility index (Phi) is 3.69. The lowest BCUT2D eigenvalue weighted by molar-refractivity contribution is 0.00578. The number of halogens is 1. The van der Waals surface area contributed by atoms with Crippen molar-refractivity contribution in [3.05, 3.63) is 40.7 Å². The van der Waals surface area contributed by atoms with Gasteiger partial charge in [0.25, 0.3) is 0 Å². The highest BCUT2D eigenvalue weighted by atomic mass is 19.1. The molecule has 1 saturated heterocycles. The topological polar surface area (TPSA) is 34.2 Å². The predicted molar refractivity (Wildman–Crippen MR) is 92.9 cm³/mol. The lowest BCUT2D eigenvalue weighted by atomic mass is 9.86. The maximum Gasteiger partial charge on any atom is 0.525 e. The van der Waals surface area contributed by atoms with Crippen LogP contribution in [-0.4, -0.2) is 23.3 Å². The first-order valence-corrected chi connectivity index (χ1v) is 7.92. The number of benzene rings is 1. The molecule has 1 aliphatic rings. The van der Waals surface area contributed by atoms with Crippen LogP contribution in [0.2, 0.25) is 0 Å². The zero-order valence-electron chi connectivity index (χ0n) is 14.6. The van der Waals surface area contributed by atoms with Gasteiger partial charge in [-0.15, -0.1) is 0 Å². The second-order valence-electron chi connectivity index (χ2n) is 7.33. The zero-order valence-corrected chi connectivity index (χ0v) is 14.6. The van der Waals surface area contributed by atoms with Crippen molar-refractivity contribution in [2.75, 3.05) is 0 Å². The van der Waals surface area contributed by atoms with Gasteiger partial charge in [-0.25, -0.2) is 4.39 Å². The minimum absolute atomic E-state index is 0.408. The Morgan fingerprint density at radius 2 is 1.74 bits per heavy atom. The molecule has 0 aliphatic carbocycles. The van der Waals surface area contributed by atoms with E-state index in [1.165, 1.54) is 6.08 Å². The summed E-state index contributed by atoms with van der Waals surface area (Å²) in [6, 6.07) is 6.11. The van der Waals surface area contributed by atoms with E-state index in [4.69, 9.17) is 9.31 Å². The van der Waals surface area contributed by atoms with Crippen molar-refractivity contribution in [2.24, 2.45) is 0 Å². The molecule has 0 radical (unpaired) electrons. The van der Waals surface area contributed by atoms with Crippen molar-refractivity contribution in [2.45, 2.75) is 52.7 Å². The third-order valence-corrected chi connectivity index (χ3v) is 4.95. The van der Waals surface area contributed by atoms with Crippen molar-refractivity contribution < 1.29 is 13.7 Å². The van der Waals surface area contributed by atoms with Crippen LogP contribution in [0.3, 0.4) is 0 Å². The Morgan fingerprint density at radius 1 is 1.13 bits per heavy atom. The summed E-state index contributed by atoms with van der Waals surface area (Å²) < 4.78 is 26.3. The van der Waals surface area contributed by atoms with Gasteiger partial charge in [0.1, 0.15) is 5.73 Å². The lowest BCUT2D eigenvalue weighted by Gasteiger charge is -2.32. The Labute approximate surface area is 137 Å². The average Bonchev–Trinajstić information content (AvgIpc) is 2.84. The Balaban J connectivity index is 1.99. The Morgan fingerprint density at radius 3 is 2.35 bits per heavy atom. The van der Waals surface area contributed by atoms with Gasteiger partial charge in [0, 0.05) is 22.2 Å². The molecule has 3 nitrogen and oxygen atoms in total. The van der Waals surface area contributed by atoms with Gasteiger partial charge in [-0.3, -0.25) is 0 Å². The van der Waals surface area contributed by atoms with Crippen LogP contribution in [0.4, 0.5) is 4.39 Å². The SMILES string of the molecule is Cc1ccc2[nH]c(C)c(C=C(F)B3OC(C)(C)C(C)(C)O3)c2c1. The van der Waals surface area contributed by atoms with Crippen molar-refractivity contribution in [3.63, 3.8) is 0 Å². The molecular weight excluding hydrogens is 292 g/mol. The quantitative estimate of drug-likeness (QED) is 0.813. The van der Waals surface area contributed by atoms with E-state index in [1.54, 1.807) is 0 Å². The molecule has 1 aliphatic heterocycles. The molecule has 3 rings (SSSR count). The van der Waals surface area contributed by atoms with E-state index in [1.807, 2.05) is 53.7 Å². The second kappa shape index (κ2) is 5.21. The summed E-state index contributed by atoms with van der Waals surface area (Å²) in [6.07, 6.45) is 1.52. The molecule has 1 N–H and O–H groups in total. The number of aromatic amines is 1. The van der Waals surface area contributed by atoms with Crippen molar-refractivity contribution in [3.8, 4) is 0 Å². The number of fused-ring (bicyclic) bond motifs is 1. The van der Waals surface area contributed by atoms with Crippen LogP contribution >= 0.6 is 0 Å². The Bertz CT molecular complexity index is 776. The summed E-state index contributed by atoms with van der Waals surface area (Å²) in [5.74, 6) is 0. The number of rotatable bonds is 2. The van der Waals surface area contributed by atoms with Crippen LogP contribution in [0, 0.1) is 13.8 Å². The van der Waals surface area contributed by atoms with Gasteiger partial charge in [0.05, 0.1) is 11.2 Å². The molecule has 0 atom stereocenters. The first kappa shape index (κ1) is 16.3. The minimum Gasteiger partial charge on any atom is -0.398 e. The summed E-state index contributed by atoms with van der Waals surface area (Å²) >= 11 is 0. The predicted octanol–water partition coefficient (Wildman–Crippen LogP) is 4.73. The van der Waals surface area contributed by atoms with Gasteiger partial charge in [0.15, 0.2) is 0 Å². The second-order valence-corrected chi connectivity index (χ2v) is 7.33. The Hall–Kier alpha value is -1.59. The van der Waals surface area contributed by atoms with Crippen LogP contribution in [0.15, 0.2) is 23.9 Å². The smallest absolute Gasteiger partial charge is 0.398 e. The number of aromatic nitrogens is 1. The van der Waals surface area contributed by atoms with Gasteiger partial charge in [-0.1, -0.05) is 11.6 Å². The van der Waals surface area contributed by atoms with Gasteiger partial charge in [-0.2, -0.15) is 0 Å². The lowest BCUT2D eigenvalue weighted by Crippen LogP contribution is -2.41. The highest BCUT2D eigenvalue weighted by Gasteiger charge is 2.53. The normalized spacial score (nSPS) is 20.5. The number of aryl methyl sites for hydroxylation is 2. The summed E-state index contributed by atoms with van der Waals surface area (Å²) in [6.45, 7) is 11.6. The molecule has 0 bridgehead atoms. The molecule has 122 valence electrons. The van der Waals surface area contributed by atoms with Crippen molar-refractivity contribution in [1.82, 2.24) is 4.98 Å². The van der Waals surface area contributed by atoms with Crippen molar-refractivity contribution >= 4 is 24.1 Å². The first-order chi connectivity index (χ1) is 10.6. The highest BCUT2D eigenvalue weighted by Crippen LogP contribution is 2.39.